The van der Waals surface area contributed by atoms with Crippen molar-refractivity contribution in [2.24, 2.45) is 11.8 Å². The molecule has 3 rings (SSSR count). The number of nitrogens with zero attached hydrogens (tertiary/aromatic N) is 2. The predicted molar refractivity (Wildman–Crippen MR) is 94.9 cm³/mol. The standard InChI is InChI=1S/C17H27N3O4S/c1-25-5-4-14(21)6-15(22)19-7-11-9-20(10-12(11)8-19)17(24)16(23)18-13-2-3-13/h11-14,21H,2-10H2,1H3,(H,18,23)/t11-,12+,14-/m1/s1. The third-order valence-electron chi connectivity index (χ3n) is 5.30. The van der Waals surface area contributed by atoms with Gasteiger partial charge in [0.2, 0.25) is 5.91 Å². The number of hydrogen-bond donors (Lipinski definition) is 2. The van der Waals surface area contributed by atoms with Crippen LogP contribution in [0.5, 0.6) is 0 Å². The van der Waals surface area contributed by atoms with Crippen molar-refractivity contribution >= 4 is 29.5 Å². The van der Waals surface area contributed by atoms with E-state index in [0.717, 1.165) is 18.6 Å². The molecule has 2 heterocycles. The number of likely N-dealkylation sites (tertiary alicyclic amines) is 2. The molecule has 0 aromatic rings. The number of carbonyl (C=O) groups excluding carboxylic acids is 3. The summed E-state index contributed by atoms with van der Waals surface area (Å²) in [4.78, 5) is 39.8. The molecule has 1 saturated carbocycles. The fourth-order valence-corrected chi connectivity index (χ4v) is 4.18. The van der Waals surface area contributed by atoms with Crippen LogP contribution < -0.4 is 5.32 Å². The van der Waals surface area contributed by atoms with E-state index in [1.54, 1.807) is 16.7 Å². The molecule has 0 bridgehead atoms. The van der Waals surface area contributed by atoms with Crippen LogP contribution in [0.15, 0.2) is 0 Å². The number of aliphatic hydroxyl groups is 1. The summed E-state index contributed by atoms with van der Waals surface area (Å²) in [5.41, 5.74) is 0. The Kier molecular flexibility index (Phi) is 5.89. The normalized spacial score (nSPS) is 26.5. The number of amides is 3. The Labute approximate surface area is 152 Å². The minimum Gasteiger partial charge on any atom is -0.393 e. The molecule has 3 amide bonds. The smallest absolute Gasteiger partial charge is 0.311 e. The van der Waals surface area contributed by atoms with E-state index in [1.807, 2.05) is 11.2 Å². The minimum atomic E-state index is -0.579. The van der Waals surface area contributed by atoms with Gasteiger partial charge in [0.15, 0.2) is 0 Å². The van der Waals surface area contributed by atoms with E-state index in [-0.39, 0.29) is 30.2 Å². The maximum atomic E-state index is 12.3. The van der Waals surface area contributed by atoms with Gasteiger partial charge in [-0.05, 0) is 31.3 Å². The third kappa shape index (κ3) is 4.67. The number of carbonyl (C=O) groups is 3. The quantitative estimate of drug-likeness (QED) is 0.627. The molecule has 2 N–H and O–H groups in total. The van der Waals surface area contributed by atoms with Gasteiger partial charge >= 0.3 is 11.8 Å². The van der Waals surface area contributed by atoms with Gasteiger partial charge in [0.1, 0.15) is 0 Å². The SMILES string of the molecule is CSCC[C@@H](O)CC(=O)N1C[C@@H]2CN(C(=O)C(=O)NC3CC3)C[C@@H]2C1. The molecule has 140 valence electrons. The van der Waals surface area contributed by atoms with Crippen LogP contribution in [0, 0.1) is 11.8 Å². The molecule has 0 unspecified atom stereocenters. The summed E-state index contributed by atoms with van der Waals surface area (Å²) >= 11 is 1.66. The largest absolute Gasteiger partial charge is 0.393 e. The van der Waals surface area contributed by atoms with Crippen LogP contribution in [0.3, 0.4) is 0 Å². The highest BCUT2D eigenvalue weighted by Gasteiger charge is 2.44. The lowest BCUT2D eigenvalue weighted by Crippen LogP contribution is -2.44. The van der Waals surface area contributed by atoms with E-state index >= 15 is 0 Å². The zero-order valence-corrected chi connectivity index (χ0v) is 15.5. The third-order valence-corrected chi connectivity index (χ3v) is 5.94. The lowest BCUT2D eigenvalue weighted by Gasteiger charge is -2.22. The Morgan fingerprint density at radius 1 is 1.12 bits per heavy atom. The van der Waals surface area contributed by atoms with Crippen molar-refractivity contribution in [1.29, 1.82) is 0 Å². The molecule has 0 aromatic carbocycles. The monoisotopic (exact) mass is 369 g/mol. The number of thioether (sulfide) groups is 1. The van der Waals surface area contributed by atoms with E-state index in [9.17, 15) is 19.5 Å². The molecule has 8 heteroatoms. The van der Waals surface area contributed by atoms with E-state index < -0.39 is 17.9 Å². The second kappa shape index (κ2) is 7.95. The van der Waals surface area contributed by atoms with Crippen LogP contribution in [0.1, 0.15) is 25.7 Å². The fourth-order valence-electron chi connectivity index (χ4n) is 3.67. The van der Waals surface area contributed by atoms with Gasteiger partial charge in [0.05, 0.1) is 12.5 Å². The molecule has 0 aromatic heterocycles. The highest BCUT2D eigenvalue weighted by Crippen LogP contribution is 2.31. The van der Waals surface area contributed by atoms with Crippen LogP contribution in [0.4, 0.5) is 0 Å². The van der Waals surface area contributed by atoms with Crippen molar-refractivity contribution < 1.29 is 19.5 Å². The molecule has 3 atom stereocenters. The molecule has 3 aliphatic rings. The average molecular weight is 369 g/mol. The molecular formula is C17H27N3O4S. The first kappa shape index (κ1) is 18.5. The zero-order chi connectivity index (χ0) is 18.0. The second-order valence-corrected chi connectivity index (χ2v) is 8.40. The topological polar surface area (TPSA) is 90.0 Å². The van der Waals surface area contributed by atoms with Crippen LogP contribution >= 0.6 is 11.8 Å². The van der Waals surface area contributed by atoms with Crippen molar-refractivity contribution in [3.05, 3.63) is 0 Å². The predicted octanol–water partition coefficient (Wildman–Crippen LogP) is -0.314. The van der Waals surface area contributed by atoms with E-state index in [1.165, 1.54) is 0 Å². The molecule has 1 aliphatic carbocycles. The first-order chi connectivity index (χ1) is 12.0. The van der Waals surface area contributed by atoms with Gasteiger partial charge in [-0.15, -0.1) is 0 Å². The molecular weight excluding hydrogens is 342 g/mol. The minimum absolute atomic E-state index is 0.00708. The average Bonchev–Trinajstić information content (AvgIpc) is 3.15. The van der Waals surface area contributed by atoms with Gasteiger partial charge in [-0.25, -0.2) is 0 Å². The van der Waals surface area contributed by atoms with E-state index in [4.69, 9.17) is 0 Å². The number of aliphatic hydroxyl groups excluding tert-OH is 1. The summed E-state index contributed by atoms with van der Waals surface area (Å²) in [6.07, 6.45) is 4.13. The van der Waals surface area contributed by atoms with Gasteiger partial charge in [0, 0.05) is 44.1 Å². The van der Waals surface area contributed by atoms with Gasteiger partial charge in [0.25, 0.3) is 0 Å². The summed E-state index contributed by atoms with van der Waals surface area (Å²) < 4.78 is 0. The molecule has 0 spiro atoms. The van der Waals surface area contributed by atoms with Gasteiger partial charge < -0.3 is 20.2 Å². The van der Waals surface area contributed by atoms with Crippen molar-refractivity contribution in [2.75, 3.05) is 38.2 Å². The molecule has 7 nitrogen and oxygen atoms in total. The maximum Gasteiger partial charge on any atom is 0.311 e. The second-order valence-electron chi connectivity index (χ2n) is 7.42. The summed E-state index contributed by atoms with van der Waals surface area (Å²) in [5.74, 6) is 0.390. The maximum absolute atomic E-state index is 12.3. The van der Waals surface area contributed by atoms with E-state index in [2.05, 4.69) is 5.32 Å². The lowest BCUT2D eigenvalue weighted by atomic mass is 10.0. The van der Waals surface area contributed by atoms with Crippen LogP contribution in [0.25, 0.3) is 0 Å². The number of nitrogens with one attached hydrogen (secondary N) is 1. The summed E-state index contributed by atoms with van der Waals surface area (Å²) in [6.45, 7) is 2.32. The Balaban J connectivity index is 1.43. The lowest BCUT2D eigenvalue weighted by molar-refractivity contribution is -0.145. The summed E-state index contributed by atoms with van der Waals surface area (Å²) in [5, 5.41) is 12.6. The van der Waals surface area contributed by atoms with Gasteiger partial charge in [-0.1, -0.05) is 0 Å². The zero-order valence-electron chi connectivity index (χ0n) is 14.6. The van der Waals surface area contributed by atoms with Crippen molar-refractivity contribution in [3.63, 3.8) is 0 Å². The van der Waals surface area contributed by atoms with Crippen LogP contribution in [0.2, 0.25) is 0 Å². The van der Waals surface area contributed by atoms with Crippen LogP contribution in [-0.2, 0) is 14.4 Å². The highest BCUT2D eigenvalue weighted by atomic mass is 32.2. The molecule has 3 fully saturated rings. The summed E-state index contributed by atoms with van der Waals surface area (Å²) in [6, 6.07) is 0.184. The number of fused-ring (bicyclic) bond motifs is 1. The van der Waals surface area contributed by atoms with Crippen molar-refractivity contribution in [3.8, 4) is 0 Å². The first-order valence-electron chi connectivity index (χ1n) is 9.02. The fraction of sp³-hybridized carbons (Fsp3) is 0.824. The highest BCUT2D eigenvalue weighted by molar-refractivity contribution is 7.98. The molecule has 2 aliphatic heterocycles. The molecule has 0 radical (unpaired) electrons. The Morgan fingerprint density at radius 3 is 2.28 bits per heavy atom. The summed E-state index contributed by atoms with van der Waals surface area (Å²) in [7, 11) is 0. The van der Waals surface area contributed by atoms with Crippen molar-refractivity contribution in [1.82, 2.24) is 15.1 Å². The number of hydrogen-bond acceptors (Lipinski definition) is 5. The van der Waals surface area contributed by atoms with Gasteiger partial charge in [-0.3, -0.25) is 14.4 Å². The Hall–Kier alpha value is -1.28. The number of rotatable bonds is 6. The Morgan fingerprint density at radius 2 is 1.72 bits per heavy atom. The van der Waals surface area contributed by atoms with Crippen LogP contribution in [-0.4, -0.2) is 83.0 Å². The Bertz CT molecular complexity index is 526. The van der Waals surface area contributed by atoms with Gasteiger partial charge in [-0.2, -0.15) is 11.8 Å². The van der Waals surface area contributed by atoms with Crippen molar-refractivity contribution in [2.45, 2.75) is 37.8 Å². The first-order valence-corrected chi connectivity index (χ1v) is 10.4. The molecule has 2 saturated heterocycles. The van der Waals surface area contributed by atoms with E-state index in [0.29, 0.717) is 32.6 Å². The molecule has 25 heavy (non-hydrogen) atoms.